The number of quaternary nitrogens is 1. The van der Waals surface area contributed by atoms with Crippen molar-refractivity contribution in [3.05, 3.63) is 41.5 Å². The van der Waals surface area contributed by atoms with Gasteiger partial charge in [-0.3, -0.25) is 4.79 Å². The Hall–Kier alpha value is -3.47. The van der Waals surface area contributed by atoms with Gasteiger partial charge in [0.2, 0.25) is 11.3 Å². The summed E-state index contributed by atoms with van der Waals surface area (Å²) in [6.07, 6.45) is 1.84. The molecule has 2 heterocycles. The van der Waals surface area contributed by atoms with Gasteiger partial charge in [0.15, 0.2) is 0 Å². The van der Waals surface area contributed by atoms with Gasteiger partial charge in [0.25, 0.3) is 0 Å². The molecule has 0 saturated heterocycles. The lowest BCUT2D eigenvalue weighted by Gasteiger charge is -2.50. The van der Waals surface area contributed by atoms with Crippen LogP contribution in [0.4, 0.5) is 5.69 Å². The van der Waals surface area contributed by atoms with E-state index >= 15 is 0 Å². The number of anilines is 1. The average molecular weight is 371 g/mol. The molecule has 1 aromatic carbocycles. The first kappa shape index (κ1) is 17.9. The maximum atomic E-state index is 13.4. The van der Waals surface area contributed by atoms with Gasteiger partial charge < -0.3 is 15.6 Å². The lowest BCUT2D eigenvalue weighted by atomic mass is 9.48. The molecule has 138 valence electrons. The van der Waals surface area contributed by atoms with Gasteiger partial charge in [-0.2, -0.15) is 15.8 Å². The monoisotopic (exact) mass is 371 g/mol. The molecule has 1 spiro atoms. The Morgan fingerprint density at radius 2 is 2.00 bits per heavy atom. The van der Waals surface area contributed by atoms with Crippen molar-refractivity contribution < 1.29 is 9.69 Å². The molecule has 3 N–H and O–H groups in total. The number of nitrogens with zero attached hydrogens (tertiary/aromatic N) is 3. The van der Waals surface area contributed by atoms with Crippen molar-refractivity contribution in [2.45, 2.75) is 12.3 Å². The number of carbonyl (C=O) groups is 1. The quantitative estimate of drug-likeness (QED) is 0.622. The van der Waals surface area contributed by atoms with Crippen molar-refractivity contribution >= 4 is 17.3 Å². The molecule has 1 fully saturated rings. The van der Waals surface area contributed by atoms with Crippen molar-refractivity contribution in [2.75, 3.05) is 25.0 Å². The molecule has 3 aliphatic rings. The summed E-state index contributed by atoms with van der Waals surface area (Å²) in [7, 11) is 0. The minimum atomic E-state index is -1.80. The van der Waals surface area contributed by atoms with Gasteiger partial charge in [0.05, 0.1) is 49.5 Å². The summed E-state index contributed by atoms with van der Waals surface area (Å²) in [6, 6.07) is 13.4. The third-order valence-electron chi connectivity index (χ3n) is 6.57. The molecule has 4 atom stereocenters. The number of benzene rings is 1. The SMILES string of the molecule is CC[NH+]1CC=C2[C@H](C1)[C@]1(C(=O)Nc3ccccc31)[C@H](C#N)C(=N)C2(C#N)C#N. The molecule has 2 aliphatic heterocycles. The Morgan fingerprint density at radius 3 is 2.64 bits per heavy atom. The van der Waals surface area contributed by atoms with Crippen LogP contribution in [0.5, 0.6) is 0 Å². The van der Waals surface area contributed by atoms with Crippen molar-refractivity contribution in [3.63, 3.8) is 0 Å². The normalized spacial score (nSPS) is 32.2. The zero-order valence-corrected chi connectivity index (χ0v) is 15.4. The van der Waals surface area contributed by atoms with Crippen molar-refractivity contribution in [3.8, 4) is 18.2 Å². The highest BCUT2D eigenvalue weighted by molar-refractivity contribution is 6.14. The Balaban J connectivity index is 2.07. The molecule has 0 aromatic heterocycles. The molecule has 0 bridgehead atoms. The van der Waals surface area contributed by atoms with Gasteiger partial charge in [-0.1, -0.05) is 18.2 Å². The standard InChI is InChI=1S/C21H18N6O/c1-2-27-8-7-13-16(10-27)21(14-5-3-4-6-17(14)26-19(21)28)15(9-22)18(25)20(13,11-23)12-24/h3-7,15-16,25H,2,8,10H2,1H3,(H,26,28)/p+1/t15-,16+,21-/m1/s1. The van der Waals surface area contributed by atoms with E-state index < -0.39 is 22.7 Å². The first-order valence-electron chi connectivity index (χ1n) is 9.27. The highest BCUT2D eigenvalue weighted by atomic mass is 16.2. The zero-order valence-electron chi connectivity index (χ0n) is 15.4. The summed E-state index contributed by atoms with van der Waals surface area (Å²) in [5.41, 5.74) is -1.59. The van der Waals surface area contributed by atoms with E-state index in [9.17, 15) is 20.6 Å². The molecule has 0 radical (unpaired) electrons. The molecule has 4 rings (SSSR count). The van der Waals surface area contributed by atoms with Gasteiger partial charge in [0, 0.05) is 5.69 Å². The van der Waals surface area contributed by atoms with E-state index in [1.54, 1.807) is 6.07 Å². The van der Waals surface area contributed by atoms with Crippen molar-refractivity contribution in [1.29, 1.82) is 21.2 Å². The number of carbonyl (C=O) groups excluding carboxylic acids is 1. The molecular formula is C21H19N6O+. The molecule has 1 unspecified atom stereocenters. The first-order chi connectivity index (χ1) is 13.5. The van der Waals surface area contributed by atoms with Gasteiger partial charge in [0.1, 0.15) is 11.3 Å². The molecular weight excluding hydrogens is 352 g/mol. The van der Waals surface area contributed by atoms with Crippen LogP contribution in [-0.4, -0.2) is 31.3 Å². The van der Waals surface area contributed by atoms with Gasteiger partial charge in [-0.05, 0) is 30.2 Å². The molecule has 1 aliphatic carbocycles. The highest BCUT2D eigenvalue weighted by Crippen LogP contribution is 2.58. The molecule has 1 amide bonds. The number of fused-ring (bicyclic) bond motifs is 4. The third-order valence-corrected chi connectivity index (χ3v) is 6.57. The maximum absolute atomic E-state index is 13.4. The van der Waals surface area contributed by atoms with E-state index in [1.807, 2.05) is 43.3 Å². The van der Waals surface area contributed by atoms with Crippen LogP contribution in [0.25, 0.3) is 0 Å². The Bertz CT molecular complexity index is 1040. The second-order valence-electron chi connectivity index (χ2n) is 7.54. The fraction of sp³-hybridized carbons (Fsp3) is 0.381. The Morgan fingerprint density at radius 1 is 1.29 bits per heavy atom. The average Bonchev–Trinajstić information content (AvgIpc) is 3.02. The van der Waals surface area contributed by atoms with Crippen LogP contribution in [-0.2, 0) is 10.2 Å². The largest absolute Gasteiger partial charge is 0.331 e. The summed E-state index contributed by atoms with van der Waals surface area (Å²) in [4.78, 5) is 14.6. The Labute approximate surface area is 163 Å². The van der Waals surface area contributed by atoms with Crippen LogP contribution in [0.1, 0.15) is 12.5 Å². The van der Waals surface area contributed by atoms with E-state index in [-0.39, 0.29) is 11.6 Å². The first-order valence-corrected chi connectivity index (χ1v) is 9.27. The van der Waals surface area contributed by atoms with Crippen LogP contribution in [0.3, 0.4) is 0 Å². The summed E-state index contributed by atoms with van der Waals surface area (Å²) >= 11 is 0. The summed E-state index contributed by atoms with van der Waals surface area (Å²) < 4.78 is 0. The van der Waals surface area contributed by atoms with Crippen LogP contribution in [0, 0.1) is 56.7 Å². The van der Waals surface area contributed by atoms with E-state index in [1.165, 1.54) is 4.90 Å². The second kappa shape index (κ2) is 6.02. The topological polar surface area (TPSA) is 129 Å². The predicted octanol–water partition coefficient (Wildman–Crippen LogP) is 0.544. The molecule has 7 nitrogen and oxygen atoms in total. The molecule has 1 aromatic rings. The molecule has 7 heteroatoms. The number of rotatable bonds is 1. The Kier molecular flexibility index (Phi) is 3.85. The summed E-state index contributed by atoms with van der Waals surface area (Å²) in [5.74, 6) is -2.02. The van der Waals surface area contributed by atoms with E-state index in [0.717, 1.165) is 6.54 Å². The fourth-order valence-corrected chi connectivity index (χ4v) is 5.16. The molecule has 1 saturated carbocycles. The summed E-state index contributed by atoms with van der Waals surface area (Å²) in [6.45, 7) is 4.01. The van der Waals surface area contributed by atoms with Crippen molar-refractivity contribution in [2.24, 2.45) is 17.3 Å². The van der Waals surface area contributed by atoms with Crippen LogP contribution in [0.2, 0.25) is 0 Å². The fourth-order valence-electron chi connectivity index (χ4n) is 5.16. The van der Waals surface area contributed by atoms with Gasteiger partial charge in [-0.25, -0.2) is 0 Å². The van der Waals surface area contributed by atoms with E-state index in [2.05, 4.69) is 11.4 Å². The van der Waals surface area contributed by atoms with Gasteiger partial charge >= 0.3 is 0 Å². The van der Waals surface area contributed by atoms with Crippen molar-refractivity contribution in [1.82, 2.24) is 0 Å². The predicted molar refractivity (Wildman–Crippen MR) is 100 cm³/mol. The minimum absolute atomic E-state index is 0.297. The van der Waals surface area contributed by atoms with E-state index in [0.29, 0.717) is 29.9 Å². The van der Waals surface area contributed by atoms with Gasteiger partial charge in [-0.15, -0.1) is 0 Å². The number of hydrogen-bond acceptors (Lipinski definition) is 5. The maximum Gasteiger partial charge on any atom is 0.237 e. The number of para-hydroxylation sites is 1. The minimum Gasteiger partial charge on any atom is -0.331 e. The van der Waals surface area contributed by atoms with Crippen LogP contribution >= 0.6 is 0 Å². The third kappa shape index (κ3) is 1.88. The molecule has 28 heavy (non-hydrogen) atoms. The second-order valence-corrected chi connectivity index (χ2v) is 7.54. The van der Waals surface area contributed by atoms with Crippen LogP contribution < -0.4 is 10.2 Å². The lowest BCUT2D eigenvalue weighted by Crippen LogP contribution is -3.13. The highest BCUT2D eigenvalue weighted by Gasteiger charge is 2.69. The number of likely N-dealkylation sites (N-methyl/N-ethyl adjacent to an activating group) is 1. The lowest BCUT2D eigenvalue weighted by molar-refractivity contribution is -0.897. The number of nitrogens with one attached hydrogen (secondary N) is 3. The number of hydrogen-bond donors (Lipinski definition) is 3. The smallest absolute Gasteiger partial charge is 0.237 e. The number of nitriles is 3. The number of amides is 1. The zero-order chi connectivity index (χ0) is 20.1. The summed E-state index contributed by atoms with van der Waals surface area (Å²) in [5, 5.41) is 41.4. The van der Waals surface area contributed by atoms with E-state index in [4.69, 9.17) is 5.41 Å². The van der Waals surface area contributed by atoms with Crippen LogP contribution in [0.15, 0.2) is 35.9 Å².